The number of hydrogen-bond donors (Lipinski definition) is 3. The van der Waals surface area contributed by atoms with Crippen LogP contribution in [0.2, 0.25) is 0 Å². The highest BCUT2D eigenvalue weighted by molar-refractivity contribution is 14.1. The Morgan fingerprint density at radius 2 is 2.11 bits per heavy atom. The molecule has 0 bridgehead atoms. The molecule has 0 saturated heterocycles. The number of aromatic nitrogens is 3. The van der Waals surface area contributed by atoms with E-state index < -0.39 is 5.54 Å². The molecule has 1 fully saturated rings. The molecule has 37 heavy (non-hydrogen) atoms. The summed E-state index contributed by atoms with van der Waals surface area (Å²) < 4.78 is 31.2. The Hall–Kier alpha value is -2.26. The molecule has 3 atom stereocenters. The van der Waals surface area contributed by atoms with Gasteiger partial charge in [0.05, 0.1) is 34.7 Å². The van der Waals surface area contributed by atoms with Gasteiger partial charge in [0.15, 0.2) is 5.82 Å². The molecule has 198 valence electrons. The molecule has 2 aromatic heterocycles. The largest absolute Gasteiger partial charge is 0.489 e. The third-order valence-electron chi connectivity index (χ3n) is 6.45. The van der Waals surface area contributed by atoms with Crippen LogP contribution in [0.3, 0.4) is 0 Å². The average molecular weight is 641 g/mol. The third kappa shape index (κ3) is 5.93. The summed E-state index contributed by atoms with van der Waals surface area (Å²) in [5, 5.41) is 3.76. The number of methoxy groups -OCH3 is 1. The van der Waals surface area contributed by atoms with Crippen molar-refractivity contribution in [2.45, 2.75) is 30.6 Å². The maximum Gasteiger partial charge on any atom is 0.160 e. The lowest BCUT2D eigenvalue weighted by Crippen LogP contribution is -2.40. The van der Waals surface area contributed by atoms with Crippen molar-refractivity contribution >= 4 is 57.3 Å². The third-order valence-corrected chi connectivity index (χ3v) is 8.13. The van der Waals surface area contributed by atoms with Crippen LogP contribution in [0.5, 0.6) is 5.75 Å². The highest BCUT2D eigenvalue weighted by atomic mass is 127. The number of thioether (sulfide) groups is 1. The van der Waals surface area contributed by atoms with Crippen LogP contribution in [0.25, 0.3) is 11.0 Å². The summed E-state index contributed by atoms with van der Waals surface area (Å²) in [5.41, 5.74) is 14.4. The van der Waals surface area contributed by atoms with Crippen molar-refractivity contribution in [2.75, 3.05) is 32.2 Å². The zero-order valence-corrected chi connectivity index (χ0v) is 23.9. The molecule has 0 unspecified atom stereocenters. The summed E-state index contributed by atoms with van der Waals surface area (Å²) in [7, 11) is 1.63. The van der Waals surface area contributed by atoms with Gasteiger partial charge in [0.1, 0.15) is 53.0 Å². The van der Waals surface area contributed by atoms with Crippen molar-refractivity contribution in [2.24, 2.45) is 17.4 Å². The topological polar surface area (TPSA) is 130 Å². The summed E-state index contributed by atoms with van der Waals surface area (Å²) in [4.78, 5) is 13.2. The van der Waals surface area contributed by atoms with E-state index in [4.69, 9.17) is 24.0 Å². The Morgan fingerprint density at radius 1 is 1.32 bits per heavy atom. The Morgan fingerprint density at radius 3 is 2.81 bits per heavy atom. The van der Waals surface area contributed by atoms with E-state index in [2.05, 4.69) is 26.8 Å². The Kier molecular flexibility index (Phi) is 8.43. The molecule has 4 rings (SSSR count). The van der Waals surface area contributed by atoms with Crippen molar-refractivity contribution in [1.82, 2.24) is 15.0 Å². The molecule has 1 aliphatic carbocycles. The van der Waals surface area contributed by atoms with Gasteiger partial charge in [-0.2, -0.15) is 0 Å². The molecule has 0 radical (unpaired) electrons. The molecule has 3 aromatic rings. The number of fused-ring (bicyclic) bond motifs is 1. The normalized spacial score (nSPS) is 20.4. The predicted octanol–water partition coefficient (Wildman–Crippen LogP) is 4.70. The zero-order valence-electron chi connectivity index (χ0n) is 20.9. The van der Waals surface area contributed by atoms with E-state index in [1.54, 1.807) is 38.4 Å². The minimum absolute atomic E-state index is 0.0630. The fourth-order valence-electron chi connectivity index (χ4n) is 4.70. The van der Waals surface area contributed by atoms with Gasteiger partial charge in [-0.15, -0.1) is 11.8 Å². The van der Waals surface area contributed by atoms with E-state index in [1.807, 2.05) is 29.9 Å². The van der Waals surface area contributed by atoms with Crippen molar-refractivity contribution in [3.8, 4) is 5.75 Å². The Labute approximate surface area is 233 Å². The van der Waals surface area contributed by atoms with E-state index in [9.17, 15) is 0 Å². The SMILES string of the molecule is C=C(N)S[C@@]1(COC)C[C@H]1[C@](C)(N)c1cc(Nc2ncnc3cc(OCCOI)cnc23)cc(C)c1F. The molecule has 1 aliphatic rings. The van der Waals surface area contributed by atoms with Crippen LogP contribution >= 0.6 is 34.8 Å². The van der Waals surface area contributed by atoms with Gasteiger partial charge in [0.2, 0.25) is 0 Å². The van der Waals surface area contributed by atoms with Gasteiger partial charge in [0.25, 0.3) is 0 Å². The van der Waals surface area contributed by atoms with Crippen LogP contribution in [0.1, 0.15) is 24.5 Å². The lowest BCUT2D eigenvalue weighted by atomic mass is 9.85. The van der Waals surface area contributed by atoms with Crippen molar-refractivity contribution < 1.29 is 16.9 Å². The van der Waals surface area contributed by atoms with Gasteiger partial charge >= 0.3 is 0 Å². The van der Waals surface area contributed by atoms with Crippen LogP contribution < -0.4 is 21.5 Å². The molecular weight excluding hydrogens is 610 g/mol. The Balaban J connectivity index is 1.64. The summed E-state index contributed by atoms with van der Waals surface area (Å²) >= 11 is 3.26. The minimum Gasteiger partial charge on any atom is -0.489 e. The molecule has 0 spiro atoms. The first-order chi connectivity index (χ1) is 17.6. The quantitative estimate of drug-likeness (QED) is 0.189. The molecular formula is C25H30FIN6O3S. The van der Waals surface area contributed by atoms with E-state index in [1.165, 1.54) is 18.1 Å². The molecule has 2 heterocycles. The monoisotopic (exact) mass is 640 g/mol. The van der Waals surface area contributed by atoms with Gasteiger partial charge in [-0.3, -0.25) is 0 Å². The lowest BCUT2D eigenvalue weighted by Gasteiger charge is -2.30. The Bertz CT molecular complexity index is 1310. The summed E-state index contributed by atoms with van der Waals surface area (Å²) in [6, 6.07) is 5.23. The van der Waals surface area contributed by atoms with Gasteiger partial charge in [0, 0.05) is 30.0 Å². The van der Waals surface area contributed by atoms with E-state index in [-0.39, 0.29) is 16.5 Å². The summed E-state index contributed by atoms with van der Waals surface area (Å²) in [5.74, 6) is 0.657. The highest BCUT2D eigenvalue weighted by Crippen LogP contribution is 2.62. The molecule has 9 nitrogen and oxygen atoms in total. The number of hydrogen-bond acceptors (Lipinski definition) is 10. The van der Waals surface area contributed by atoms with Gasteiger partial charge < -0.3 is 29.3 Å². The van der Waals surface area contributed by atoms with Crippen molar-refractivity contribution in [3.63, 3.8) is 0 Å². The molecule has 1 saturated carbocycles. The maximum atomic E-state index is 15.5. The van der Waals surface area contributed by atoms with E-state index in [0.29, 0.717) is 64.3 Å². The van der Waals surface area contributed by atoms with Crippen LogP contribution in [-0.4, -0.2) is 46.6 Å². The van der Waals surface area contributed by atoms with Gasteiger partial charge in [-0.05, 0) is 43.9 Å². The number of nitrogens with zero attached hydrogens (tertiary/aromatic N) is 3. The number of benzene rings is 1. The number of pyridine rings is 1. The van der Waals surface area contributed by atoms with Gasteiger partial charge in [-0.1, -0.05) is 6.58 Å². The zero-order chi connectivity index (χ0) is 26.8. The number of anilines is 2. The predicted molar refractivity (Wildman–Crippen MR) is 152 cm³/mol. The first kappa shape index (κ1) is 27.8. The average Bonchev–Trinajstić information content (AvgIpc) is 3.55. The van der Waals surface area contributed by atoms with Crippen LogP contribution in [-0.2, 0) is 13.3 Å². The summed E-state index contributed by atoms with van der Waals surface area (Å²) in [6.07, 6.45) is 3.78. The second kappa shape index (κ2) is 11.2. The number of nitrogens with one attached hydrogen (secondary N) is 1. The molecule has 0 amide bonds. The van der Waals surface area contributed by atoms with Crippen LogP contribution in [0, 0.1) is 18.7 Å². The number of rotatable bonds is 12. The first-order valence-electron chi connectivity index (χ1n) is 11.6. The number of aryl methyl sites for hydroxylation is 1. The second-order valence-electron chi connectivity index (χ2n) is 9.31. The number of nitrogens with two attached hydrogens (primary N) is 2. The van der Waals surface area contributed by atoms with Crippen LogP contribution in [0.4, 0.5) is 15.9 Å². The maximum absolute atomic E-state index is 15.5. The summed E-state index contributed by atoms with van der Waals surface area (Å²) in [6.45, 7) is 8.68. The van der Waals surface area contributed by atoms with Crippen molar-refractivity contribution in [3.05, 3.63) is 59.3 Å². The molecule has 12 heteroatoms. The van der Waals surface area contributed by atoms with Crippen molar-refractivity contribution in [1.29, 1.82) is 0 Å². The first-order valence-corrected chi connectivity index (χ1v) is 13.3. The fourth-order valence-corrected chi connectivity index (χ4v) is 6.21. The molecule has 0 aliphatic heterocycles. The molecule has 5 N–H and O–H groups in total. The van der Waals surface area contributed by atoms with Gasteiger partial charge in [-0.25, -0.2) is 19.3 Å². The second-order valence-corrected chi connectivity index (χ2v) is 11.5. The minimum atomic E-state index is -0.979. The lowest BCUT2D eigenvalue weighted by molar-refractivity contribution is 0.184. The fraction of sp³-hybridized carbons (Fsp3) is 0.400. The highest BCUT2D eigenvalue weighted by Gasteiger charge is 2.62. The van der Waals surface area contributed by atoms with E-state index in [0.717, 1.165) is 6.42 Å². The van der Waals surface area contributed by atoms with E-state index >= 15 is 4.39 Å². The number of halogens is 2. The molecule has 1 aromatic carbocycles. The standard InChI is InChI=1S/C25H30FIN6O3S/c1-14-7-16(33-23-22-19(31-13-32-23)9-17(11-30-22)35-5-6-36-27)8-18(21(14)26)24(3,29)20-10-25(20,12-34-4)37-15(2)28/h7-9,11,13,20H,2,5-6,10,12,28-29H2,1,3-4H3,(H,31,32,33)/t20-,24+,25+/m0/s1. The van der Waals surface area contributed by atoms with Crippen LogP contribution in [0.15, 0.2) is 42.3 Å². The number of ether oxygens (including phenoxy) is 2. The smallest absolute Gasteiger partial charge is 0.160 e.